The van der Waals surface area contributed by atoms with E-state index in [-0.39, 0.29) is 6.04 Å². The van der Waals surface area contributed by atoms with Crippen molar-refractivity contribution in [2.45, 2.75) is 56.0 Å². The molecule has 0 aromatic heterocycles. The number of hydrogen-bond donors (Lipinski definition) is 2. The second-order valence-corrected chi connectivity index (χ2v) is 7.89. The topological polar surface area (TPSA) is 58.2 Å². The molecule has 2 aliphatic rings. The van der Waals surface area contributed by atoms with Crippen molar-refractivity contribution in [3.05, 3.63) is 29.8 Å². The Bertz CT molecular complexity index is 592. The summed E-state index contributed by atoms with van der Waals surface area (Å²) in [4.78, 5) is 0.459. The van der Waals surface area contributed by atoms with E-state index in [4.69, 9.17) is 0 Å². The number of sulfonamides is 1. The molecule has 2 aliphatic carbocycles. The van der Waals surface area contributed by atoms with Crippen LogP contribution in [0.25, 0.3) is 0 Å². The normalized spacial score (nSPS) is 20.4. The van der Waals surface area contributed by atoms with Gasteiger partial charge in [0.15, 0.2) is 0 Å². The summed E-state index contributed by atoms with van der Waals surface area (Å²) in [6.45, 7) is 3.03. The van der Waals surface area contributed by atoms with Crippen molar-refractivity contribution in [2.75, 3.05) is 6.54 Å². The van der Waals surface area contributed by atoms with Gasteiger partial charge in [0.05, 0.1) is 4.90 Å². The Labute approximate surface area is 127 Å². The average Bonchev–Trinajstić information content (AvgIpc) is 3.32. The lowest BCUT2D eigenvalue weighted by Crippen LogP contribution is -2.34. The first kappa shape index (κ1) is 15.0. The molecule has 1 aromatic rings. The first-order chi connectivity index (χ1) is 10.1. The third kappa shape index (κ3) is 3.84. The summed E-state index contributed by atoms with van der Waals surface area (Å²) < 4.78 is 27.8. The van der Waals surface area contributed by atoms with Gasteiger partial charge in [-0.2, -0.15) is 0 Å². The molecule has 0 amide bonds. The van der Waals surface area contributed by atoms with Gasteiger partial charge in [-0.25, -0.2) is 13.1 Å². The third-order valence-electron chi connectivity index (χ3n) is 4.26. The first-order valence-corrected chi connectivity index (χ1v) is 9.42. The van der Waals surface area contributed by atoms with E-state index in [0.717, 1.165) is 31.4 Å². The summed E-state index contributed by atoms with van der Waals surface area (Å²) in [5, 5.41) is 3.51. The van der Waals surface area contributed by atoms with Gasteiger partial charge in [0.25, 0.3) is 0 Å². The average molecular weight is 308 g/mol. The van der Waals surface area contributed by atoms with Crippen LogP contribution in [0.4, 0.5) is 0 Å². The number of likely N-dealkylation sites (N-methyl/N-ethyl adjacent to an activating group) is 1. The number of hydrogen-bond acceptors (Lipinski definition) is 3. The van der Waals surface area contributed by atoms with E-state index in [1.165, 1.54) is 12.8 Å². The van der Waals surface area contributed by atoms with Crippen LogP contribution in [0.3, 0.4) is 0 Å². The highest BCUT2D eigenvalue weighted by Crippen LogP contribution is 2.35. The smallest absolute Gasteiger partial charge is 0.241 e. The van der Waals surface area contributed by atoms with Crippen molar-refractivity contribution in [3.8, 4) is 0 Å². The minimum atomic E-state index is -3.37. The molecule has 2 N–H and O–H groups in total. The van der Waals surface area contributed by atoms with Crippen LogP contribution >= 0.6 is 0 Å². The fourth-order valence-electron chi connectivity index (χ4n) is 2.82. The van der Waals surface area contributed by atoms with Crippen LogP contribution in [0.5, 0.6) is 0 Å². The number of benzene rings is 1. The fourth-order valence-corrected chi connectivity index (χ4v) is 4.38. The van der Waals surface area contributed by atoms with Crippen molar-refractivity contribution < 1.29 is 8.42 Å². The van der Waals surface area contributed by atoms with Gasteiger partial charge < -0.3 is 5.32 Å². The Hall–Kier alpha value is -0.910. The molecule has 0 bridgehead atoms. The lowest BCUT2D eigenvalue weighted by atomic mass is 10.0. The van der Waals surface area contributed by atoms with Crippen LogP contribution in [0.2, 0.25) is 0 Å². The maximum Gasteiger partial charge on any atom is 0.241 e. The summed E-state index contributed by atoms with van der Waals surface area (Å²) in [5.41, 5.74) is 0.934. The fraction of sp³-hybridized carbons (Fsp3) is 0.625. The maximum atomic E-state index is 12.5. The van der Waals surface area contributed by atoms with Gasteiger partial charge in [-0.3, -0.25) is 0 Å². The van der Waals surface area contributed by atoms with E-state index < -0.39 is 10.0 Å². The van der Waals surface area contributed by atoms with Crippen LogP contribution in [0.15, 0.2) is 29.2 Å². The lowest BCUT2D eigenvalue weighted by molar-refractivity contribution is 0.469. The molecule has 0 radical (unpaired) electrons. The highest BCUT2D eigenvalue weighted by atomic mass is 32.2. The van der Waals surface area contributed by atoms with Crippen molar-refractivity contribution in [1.29, 1.82) is 0 Å². The predicted molar refractivity (Wildman–Crippen MR) is 83.7 cm³/mol. The van der Waals surface area contributed by atoms with Crippen LogP contribution < -0.4 is 10.0 Å². The van der Waals surface area contributed by atoms with Crippen molar-refractivity contribution in [2.24, 2.45) is 5.92 Å². The second kappa shape index (κ2) is 6.07. The Morgan fingerprint density at radius 2 is 1.90 bits per heavy atom. The second-order valence-electron chi connectivity index (χ2n) is 6.21. The van der Waals surface area contributed by atoms with E-state index in [9.17, 15) is 8.42 Å². The zero-order valence-corrected chi connectivity index (χ0v) is 13.3. The summed E-state index contributed by atoms with van der Waals surface area (Å²) in [6, 6.07) is 7.97. The van der Waals surface area contributed by atoms with E-state index >= 15 is 0 Å². The quantitative estimate of drug-likeness (QED) is 0.773. The van der Waals surface area contributed by atoms with Gasteiger partial charge in [0.2, 0.25) is 10.0 Å². The Morgan fingerprint density at radius 1 is 1.19 bits per heavy atom. The summed E-state index contributed by atoms with van der Waals surface area (Å²) in [7, 11) is -3.37. The monoisotopic (exact) mass is 308 g/mol. The van der Waals surface area contributed by atoms with Crippen LogP contribution in [0, 0.1) is 5.92 Å². The molecule has 1 unspecified atom stereocenters. The third-order valence-corrected chi connectivity index (χ3v) is 5.88. The van der Waals surface area contributed by atoms with Crippen LogP contribution in [0.1, 0.15) is 38.2 Å². The summed E-state index contributed by atoms with van der Waals surface area (Å²) in [6.07, 6.45) is 5.23. The van der Waals surface area contributed by atoms with Gasteiger partial charge in [-0.15, -0.1) is 0 Å². The molecule has 2 saturated carbocycles. The van der Waals surface area contributed by atoms with Crippen molar-refractivity contribution in [1.82, 2.24) is 10.0 Å². The maximum absolute atomic E-state index is 12.5. The van der Waals surface area contributed by atoms with Gasteiger partial charge in [0.1, 0.15) is 0 Å². The Morgan fingerprint density at radius 3 is 2.52 bits per heavy atom. The SMILES string of the molecule is CCNC(Cc1ccccc1S(=O)(=O)NC1CC1)C1CC1. The molecule has 1 atom stereocenters. The molecule has 0 aliphatic heterocycles. The lowest BCUT2D eigenvalue weighted by Gasteiger charge is -2.19. The van der Waals surface area contributed by atoms with Gasteiger partial charge in [-0.05, 0) is 56.2 Å². The van der Waals surface area contributed by atoms with Gasteiger partial charge >= 0.3 is 0 Å². The van der Waals surface area contributed by atoms with E-state index in [1.54, 1.807) is 6.07 Å². The molecule has 0 heterocycles. The Balaban J connectivity index is 1.81. The molecule has 116 valence electrons. The minimum absolute atomic E-state index is 0.149. The van der Waals surface area contributed by atoms with E-state index in [2.05, 4.69) is 17.0 Å². The molecule has 21 heavy (non-hydrogen) atoms. The summed E-state index contributed by atoms with van der Waals surface area (Å²) in [5.74, 6) is 0.706. The zero-order chi connectivity index (χ0) is 14.9. The molecule has 3 rings (SSSR count). The predicted octanol–water partition coefficient (Wildman–Crippen LogP) is 2.06. The molecular weight excluding hydrogens is 284 g/mol. The van der Waals surface area contributed by atoms with Gasteiger partial charge in [0, 0.05) is 12.1 Å². The van der Waals surface area contributed by atoms with E-state index in [0.29, 0.717) is 16.9 Å². The summed E-state index contributed by atoms with van der Waals surface area (Å²) >= 11 is 0. The molecule has 5 heteroatoms. The highest BCUT2D eigenvalue weighted by Gasteiger charge is 2.33. The molecule has 0 spiro atoms. The van der Waals surface area contributed by atoms with Crippen LogP contribution in [-0.2, 0) is 16.4 Å². The number of nitrogens with one attached hydrogen (secondary N) is 2. The molecular formula is C16H24N2O2S. The van der Waals surface area contributed by atoms with E-state index in [1.807, 2.05) is 18.2 Å². The first-order valence-electron chi connectivity index (χ1n) is 7.94. The molecule has 0 saturated heterocycles. The highest BCUT2D eigenvalue weighted by molar-refractivity contribution is 7.89. The Kier molecular flexibility index (Phi) is 4.33. The molecule has 1 aromatic carbocycles. The number of rotatable bonds is 8. The minimum Gasteiger partial charge on any atom is -0.314 e. The molecule has 2 fully saturated rings. The zero-order valence-electron chi connectivity index (χ0n) is 12.5. The van der Waals surface area contributed by atoms with Crippen LogP contribution in [-0.4, -0.2) is 27.0 Å². The van der Waals surface area contributed by atoms with Crippen molar-refractivity contribution in [3.63, 3.8) is 0 Å². The largest absolute Gasteiger partial charge is 0.314 e. The molecule has 4 nitrogen and oxygen atoms in total. The van der Waals surface area contributed by atoms with Crippen molar-refractivity contribution >= 4 is 10.0 Å². The standard InChI is InChI=1S/C16H24N2O2S/c1-2-17-15(12-7-8-12)11-13-5-3-4-6-16(13)21(19,20)18-14-9-10-14/h3-6,12,14-15,17-18H,2,7-11H2,1H3. The van der Waals surface area contributed by atoms with Gasteiger partial charge in [-0.1, -0.05) is 25.1 Å².